The molecule has 0 spiro atoms. The van der Waals surface area contributed by atoms with Crippen molar-refractivity contribution in [1.29, 1.82) is 0 Å². The Hall–Kier alpha value is -1.40. The van der Waals surface area contributed by atoms with E-state index < -0.39 is 17.6 Å². The van der Waals surface area contributed by atoms with E-state index in [1.807, 2.05) is 0 Å². The number of benzene rings is 1. The molecule has 0 aliphatic heterocycles. The minimum absolute atomic E-state index is 0.0239. The van der Waals surface area contributed by atoms with Gasteiger partial charge in [-0.15, -0.1) is 6.58 Å². The molecule has 1 aromatic carbocycles. The summed E-state index contributed by atoms with van der Waals surface area (Å²) in [6, 6.07) is 2.60. The van der Waals surface area contributed by atoms with Crippen LogP contribution in [0.5, 0.6) is 0 Å². The first-order valence-electron chi connectivity index (χ1n) is 5.68. The Bertz CT molecular complexity index is 431. The molecule has 6 heteroatoms. The molecule has 106 valence electrons. The maximum Gasteiger partial charge on any atom is 0.416 e. The van der Waals surface area contributed by atoms with Crippen LogP contribution < -0.4 is 0 Å². The maximum atomic E-state index is 12.9. The molecule has 0 unspecified atom stereocenters. The molecule has 0 bridgehead atoms. The van der Waals surface area contributed by atoms with Crippen LogP contribution in [-0.4, -0.2) is 29.7 Å². The summed E-state index contributed by atoms with van der Waals surface area (Å²) in [6.45, 7) is 3.87. The highest BCUT2D eigenvalue weighted by Gasteiger charge is 2.33. The summed E-state index contributed by atoms with van der Waals surface area (Å²) in [6.07, 6.45) is -3.07. The Balaban J connectivity index is 3.01. The molecule has 19 heavy (non-hydrogen) atoms. The van der Waals surface area contributed by atoms with Crippen molar-refractivity contribution in [3.8, 4) is 0 Å². The summed E-state index contributed by atoms with van der Waals surface area (Å²) in [7, 11) is 0. The molecule has 1 rings (SSSR count). The van der Waals surface area contributed by atoms with E-state index in [2.05, 4.69) is 6.58 Å². The Labute approximate surface area is 109 Å². The first-order chi connectivity index (χ1) is 8.88. The molecule has 0 aromatic heterocycles. The van der Waals surface area contributed by atoms with E-state index in [1.165, 1.54) is 6.08 Å². The number of nitrogens with zero attached hydrogens (tertiary/aromatic N) is 1. The fourth-order valence-electron chi connectivity index (χ4n) is 1.75. The zero-order valence-corrected chi connectivity index (χ0v) is 10.3. The van der Waals surface area contributed by atoms with E-state index in [-0.39, 0.29) is 25.3 Å². The predicted molar refractivity (Wildman–Crippen MR) is 64.0 cm³/mol. The van der Waals surface area contributed by atoms with Crippen LogP contribution in [0.15, 0.2) is 30.9 Å². The second kappa shape index (κ2) is 6.68. The third-order valence-electron chi connectivity index (χ3n) is 2.57. The van der Waals surface area contributed by atoms with Crippen LogP contribution in [-0.2, 0) is 12.7 Å². The average molecular weight is 277 g/mol. The minimum atomic E-state index is -4.60. The highest BCUT2D eigenvalue weighted by Crippen LogP contribution is 2.33. The monoisotopic (exact) mass is 277 g/mol. The van der Waals surface area contributed by atoms with E-state index in [0.29, 0.717) is 12.6 Å². The van der Waals surface area contributed by atoms with Crippen molar-refractivity contribution in [3.05, 3.63) is 47.8 Å². The molecule has 0 atom stereocenters. The van der Waals surface area contributed by atoms with Crippen molar-refractivity contribution in [1.82, 2.24) is 4.90 Å². The topological polar surface area (TPSA) is 23.5 Å². The van der Waals surface area contributed by atoms with Gasteiger partial charge in [0.1, 0.15) is 5.82 Å². The molecule has 0 radical (unpaired) electrons. The summed E-state index contributed by atoms with van der Waals surface area (Å²) in [5.74, 6) is -0.923. The lowest BCUT2D eigenvalue weighted by Crippen LogP contribution is -2.28. The Morgan fingerprint density at radius 2 is 2.00 bits per heavy atom. The van der Waals surface area contributed by atoms with Gasteiger partial charge in [0.05, 0.1) is 12.2 Å². The first kappa shape index (κ1) is 15.7. The van der Waals surface area contributed by atoms with Gasteiger partial charge in [0.15, 0.2) is 0 Å². The van der Waals surface area contributed by atoms with Gasteiger partial charge in [-0.25, -0.2) is 4.39 Å². The van der Waals surface area contributed by atoms with Gasteiger partial charge in [0.25, 0.3) is 0 Å². The lowest BCUT2D eigenvalue weighted by molar-refractivity contribution is -0.138. The van der Waals surface area contributed by atoms with Gasteiger partial charge in [-0.05, 0) is 17.7 Å². The number of halogens is 4. The predicted octanol–water partition coefficient (Wildman–Crippen LogP) is 2.82. The zero-order valence-electron chi connectivity index (χ0n) is 10.3. The number of hydrogen-bond acceptors (Lipinski definition) is 2. The molecular formula is C13H15F4NO. The molecule has 0 saturated heterocycles. The van der Waals surface area contributed by atoms with E-state index in [9.17, 15) is 17.6 Å². The van der Waals surface area contributed by atoms with Crippen LogP contribution >= 0.6 is 0 Å². The minimum Gasteiger partial charge on any atom is -0.395 e. The highest BCUT2D eigenvalue weighted by molar-refractivity contribution is 5.30. The highest BCUT2D eigenvalue weighted by atomic mass is 19.4. The summed E-state index contributed by atoms with van der Waals surface area (Å²) in [4.78, 5) is 1.59. The zero-order chi connectivity index (χ0) is 14.5. The van der Waals surface area contributed by atoms with Gasteiger partial charge in [-0.2, -0.15) is 13.2 Å². The molecule has 0 aliphatic rings. The van der Waals surface area contributed by atoms with Crippen LogP contribution in [0.4, 0.5) is 17.6 Å². The molecule has 0 saturated carbocycles. The molecule has 2 nitrogen and oxygen atoms in total. The van der Waals surface area contributed by atoms with Crippen molar-refractivity contribution in [2.75, 3.05) is 19.7 Å². The van der Waals surface area contributed by atoms with Crippen LogP contribution in [0.25, 0.3) is 0 Å². The van der Waals surface area contributed by atoms with Crippen molar-refractivity contribution in [2.45, 2.75) is 12.7 Å². The van der Waals surface area contributed by atoms with Crippen molar-refractivity contribution < 1.29 is 22.7 Å². The van der Waals surface area contributed by atoms with Gasteiger partial charge >= 0.3 is 6.18 Å². The van der Waals surface area contributed by atoms with Gasteiger partial charge in [-0.1, -0.05) is 12.1 Å². The van der Waals surface area contributed by atoms with Crippen LogP contribution in [0.2, 0.25) is 0 Å². The largest absolute Gasteiger partial charge is 0.416 e. The number of aliphatic hydroxyl groups excluding tert-OH is 1. The quantitative estimate of drug-likeness (QED) is 0.638. The van der Waals surface area contributed by atoms with Gasteiger partial charge in [0.2, 0.25) is 0 Å². The van der Waals surface area contributed by atoms with Gasteiger partial charge in [0, 0.05) is 19.6 Å². The fourth-order valence-corrected chi connectivity index (χ4v) is 1.75. The molecule has 0 amide bonds. The van der Waals surface area contributed by atoms with Gasteiger partial charge < -0.3 is 5.11 Å². The third kappa shape index (κ3) is 4.65. The van der Waals surface area contributed by atoms with E-state index in [0.717, 1.165) is 12.1 Å². The van der Waals surface area contributed by atoms with Crippen molar-refractivity contribution >= 4 is 0 Å². The van der Waals surface area contributed by atoms with Crippen molar-refractivity contribution in [2.24, 2.45) is 0 Å². The third-order valence-corrected chi connectivity index (χ3v) is 2.57. The fraction of sp³-hybridized carbons (Fsp3) is 0.385. The Morgan fingerprint density at radius 3 is 2.53 bits per heavy atom. The summed E-state index contributed by atoms with van der Waals surface area (Å²) in [5, 5.41) is 8.86. The smallest absolute Gasteiger partial charge is 0.395 e. The Morgan fingerprint density at radius 1 is 1.32 bits per heavy atom. The molecule has 1 aromatic rings. The van der Waals surface area contributed by atoms with E-state index in [4.69, 9.17) is 5.11 Å². The number of rotatable bonds is 6. The maximum absolute atomic E-state index is 12.9. The van der Waals surface area contributed by atoms with E-state index in [1.54, 1.807) is 4.90 Å². The summed E-state index contributed by atoms with van der Waals surface area (Å²) < 4.78 is 51.3. The number of alkyl halides is 3. The van der Waals surface area contributed by atoms with Crippen molar-refractivity contribution in [3.63, 3.8) is 0 Å². The standard InChI is InChI=1S/C13H15F4NO/c1-2-5-18(6-7-19)9-10-3-4-11(14)8-12(10)13(15,16)17/h2-4,8,19H,1,5-7,9H2. The summed E-state index contributed by atoms with van der Waals surface area (Å²) in [5.41, 5.74) is -1.01. The molecule has 0 aliphatic carbocycles. The number of aliphatic hydroxyl groups is 1. The molecule has 0 heterocycles. The summed E-state index contributed by atoms with van der Waals surface area (Å²) >= 11 is 0. The average Bonchev–Trinajstić information content (AvgIpc) is 2.31. The second-order valence-corrected chi connectivity index (χ2v) is 4.05. The van der Waals surface area contributed by atoms with Crippen LogP contribution in [0.3, 0.4) is 0 Å². The SMILES string of the molecule is C=CCN(CCO)Cc1ccc(F)cc1C(F)(F)F. The van der Waals surface area contributed by atoms with E-state index >= 15 is 0 Å². The van der Waals surface area contributed by atoms with Crippen LogP contribution in [0, 0.1) is 5.82 Å². The lowest BCUT2D eigenvalue weighted by Gasteiger charge is -2.22. The van der Waals surface area contributed by atoms with Crippen LogP contribution in [0.1, 0.15) is 11.1 Å². The normalized spacial score (nSPS) is 11.9. The second-order valence-electron chi connectivity index (χ2n) is 4.05. The molecule has 0 fully saturated rings. The lowest BCUT2D eigenvalue weighted by atomic mass is 10.1. The molecule has 1 N–H and O–H groups in total. The Kier molecular flexibility index (Phi) is 5.50. The number of hydrogen-bond donors (Lipinski definition) is 1. The molecular weight excluding hydrogens is 262 g/mol. The van der Waals surface area contributed by atoms with Gasteiger partial charge in [-0.3, -0.25) is 4.90 Å². The first-order valence-corrected chi connectivity index (χ1v) is 5.68.